The number of benzene rings is 1. The number of hydrogen-bond donors (Lipinski definition) is 3. The molecule has 0 aromatic heterocycles. The molecule has 0 amide bonds. The molecule has 94 valence electrons. The topological polar surface area (TPSA) is 112 Å². The molecular weight excluding hydrogens is 240 g/mol. The van der Waals surface area contributed by atoms with E-state index in [0.717, 1.165) is 12.1 Å². The molecule has 0 unspecified atom stereocenters. The molecule has 1 aromatic rings. The lowest BCUT2D eigenvalue weighted by molar-refractivity contribution is -0.131. The van der Waals surface area contributed by atoms with Gasteiger partial charge in [0.05, 0.1) is 0 Å². The Labute approximate surface area is 102 Å². The molecule has 0 aliphatic heterocycles. The minimum absolute atomic E-state index is 0.114. The van der Waals surface area contributed by atoms with Crippen molar-refractivity contribution in [3.8, 4) is 5.75 Å². The zero-order chi connectivity index (χ0) is 13.7. The van der Waals surface area contributed by atoms with Gasteiger partial charge in [0, 0.05) is 12.5 Å². The first-order chi connectivity index (χ1) is 8.40. The van der Waals surface area contributed by atoms with Gasteiger partial charge in [0.2, 0.25) is 0 Å². The molecule has 1 rings (SSSR count). The van der Waals surface area contributed by atoms with Crippen molar-refractivity contribution in [3.63, 3.8) is 0 Å². The predicted octanol–water partition coefficient (Wildman–Crippen LogP) is 0.843. The number of phenols is 1. The van der Waals surface area contributed by atoms with Crippen molar-refractivity contribution in [2.75, 3.05) is 0 Å². The first kappa shape index (κ1) is 13.4. The van der Waals surface area contributed by atoms with Gasteiger partial charge in [-0.1, -0.05) is 6.07 Å². The summed E-state index contributed by atoms with van der Waals surface area (Å²) in [7, 11) is 0. The second-order valence-electron chi connectivity index (χ2n) is 3.47. The second kappa shape index (κ2) is 5.62. The molecule has 18 heavy (non-hydrogen) atoms. The van der Waals surface area contributed by atoms with Gasteiger partial charge in [0.25, 0.3) is 0 Å². The van der Waals surface area contributed by atoms with Gasteiger partial charge in [-0.25, -0.2) is 9.59 Å². The normalized spacial score (nSPS) is 10.4. The number of hydrogen-bond acceptors (Lipinski definition) is 4. The fraction of sp³-hybridized carbons (Fsp3) is 0.0833. The monoisotopic (exact) mass is 250 g/mol. The maximum atomic E-state index is 11.3. The summed E-state index contributed by atoms with van der Waals surface area (Å²) in [5.41, 5.74) is 0.143. The Morgan fingerprint density at radius 2 is 1.78 bits per heavy atom. The fourth-order valence-electron chi connectivity index (χ4n) is 1.29. The molecule has 0 heterocycles. The summed E-state index contributed by atoms with van der Waals surface area (Å²) < 4.78 is 0. The molecular formula is C12H10O6. The van der Waals surface area contributed by atoms with Crippen LogP contribution in [0.2, 0.25) is 0 Å². The van der Waals surface area contributed by atoms with Crippen LogP contribution in [0.3, 0.4) is 0 Å². The van der Waals surface area contributed by atoms with Gasteiger partial charge in [-0.3, -0.25) is 4.79 Å². The Balaban J connectivity index is 2.81. The van der Waals surface area contributed by atoms with Gasteiger partial charge >= 0.3 is 11.9 Å². The molecule has 6 heteroatoms. The molecule has 0 saturated carbocycles. The third-order valence-electron chi connectivity index (χ3n) is 2.08. The first-order valence-corrected chi connectivity index (χ1v) is 4.89. The van der Waals surface area contributed by atoms with Crippen molar-refractivity contribution in [2.24, 2.45) is 0 Å². The molecule has 0 bridgehead atoms. The van der Waals surface area contributed by atoms with E-state index in [-0.39, 0.29) is 12.0 Å². The van der Waals surface area contributed by atoms with E-state index in [1.807, 2.05) is 0 Å². The van der Waals surface area contributed by atoms with Crippen molar-refractivity contribution < 1.29 is 29.7 Å². The van der Waals surface area contributed by atoms with Gasteiger partial charge in [-0.2, -0.15) is 0 Å². The van der Waals surface area contributed by atoms with Crippen LogP contribution in [0, 0.1) is 0 Å². The summed E-state index contributed by atoms with van der Waals surface area (Å²) in [5, 5.41) is 26.4. The van der Waals surface area contributed by atoms with E-state index in [0.29, 0.717) is 11.6 Å². The lowest BCUT2D eigenvalue weighted by Crippen LogP contribution is -2.02. The van der Waals surface area contributed by atoms with Gasteiger partial charge < -0.3 is 15.3 Å². The number of allylic oxidation sites excluding steroid dienone is 1. The molecule has 0 aliphatic rings. The van der Waals surface area contributed by atoms with E-state index < -0.39 is 23.5 Å². The van der Waals surface area contributed by atoms with Crippen LogP contribution in [0.4, 0.5) is 0 Å². The van der Waals surface area contributed by atoms with E-state index in [4.69, 9.17) is 10.2 Å². The van der Waals surface area contributed by atoms with Crippen molar-refractivity contribution in [1.82, 2.24) is 0 Å². The van der Waals surface area contributed by atoms with E-state index in [2.05, 4.69) is 0 Å². The molecule has 0 atom stereocenters. The van der Waals surface area contributed by atoms with Crippen LogP contribution in [0.15, 0.2) is 30.4 Å². The highest BCUT2D eigenvalue weighted by molar-refractivity contribution is 5.96. The van der Waals surface area contributed by atoms with Crippen LogP contribution in [-0.2, 0) is 16.0 Å². The molecule has 6 nitrogen and oxygen atoms in total. The highest BCUT2D eigenvalue weighted by Gasteiger charge is 2.10. The van der Waals surface area contributed by atoms with Gasteiger partial charge in [0.1, 0.15) is 11.3 Å². The first-order valence-electron chi connectivity index (χ1n) is 4.89. The molecule has 0 aliphatic carbocycles. The summed E-state index contributed by atoms with van der Waals surface area (Å²) >= 11 is 0. The average Bonchev–Trinajstić information content (AvgIpc) is 2.26. The van der Waals surface area contributed by atoms with E-state index in [9.17, 15) is 19.5 Å². The summed E-state index contributed by atoms with van der Waals surface area (Å²) in [6.07, 6.45) is 1.51. The predicted molar refractivity (Wildman–Crippen MR) is 60.6 cm³/mol. The number of aromatic hydroxyl groups is 1. The molecule has 0 spiro atoms. The molecule has 0 fully saturated rings. The summed E-state index contributed by atoms with van der Waals surface area (Å²) in [6, 6.07) is 3.73. The fourth-order valence-corrected chi connectivity index (χ4v) is 1.29. The Hall–Kier alpha value is -2.63. The zero-order valence-electron chi connectivity index (χ0n) is 9.16. The van der Waals surface area contributed by atoms with Gasteiger partial charge in [-0.15, -0.1) is 0 Å². The summed E-state index contributed by atoms with van der Waals surface area (Å²) in [6.45, 7) is 0. The quantitative estimate of drug-likeness (QED) is 0.667. The number of carbonyl (C=O) groups is 3. The smallest absolute Gasteiger partial charge is 0.339 e. The number of carbonyl (C=O) groups excluding carboxylic acids is 1. The maximum Gasteiger partial charge on any atom is 0.339 e. The number of carboxylic acids is 2. The van der Waals surface area contributed by atoms with E-state index >= 15 is 0 Å². The standard InChI is InChI=1S/C12H10O6/c13-8(2-4-11(15)16)5-7-1-3-9(12(17)18)10(14)6-7/h1-4,6,14H,5H2,(H,15,16)(H,17,18)/b4-2-. The van der Waals surface area contributed by atoms with Crippen molar-refractivity contribution >= 4 is 17.7 Å². The van der Waals surface area contributed by atoms with E-state index in [1.54, 1.807) is 0 Å². The van der Waals surface area contributed by atoms with Crippen LogP contribution in [-0.4, -0.2) is 33.0 Å². The van der Waals surface area contributed by atoms with Crippen molar-refractivity contribution in [3.05, 3.63) is 41.5 Å². The zero-order valence-corrected chi connectivity index (χ0v) is 9.16. The number of ketones is 1. The lowest BCUT2D eigenvalue weighted by atomic mass is 10.1. The third kappa shape index (κ3) is 3.75. The highest BCUT2D eigenvalue weighted by atomic mass is 16.4. The minimum atomic E-state index is -1.27. The summed E-state index contributed by atoms with van der Waals surface area (Å²) in [5.74, 6) is -3.39. The largest absolute Gasteiger partial charge is 0.507 e. The van der Waals surface area contributed by atoms with Crippen molar-refractivity contribution in [2.45, 2.75) is 6.42 Å². The second-order valence-corrected chi connectivity index (χ2v) is 3.47. The van der Waals surface area contributed by atoms with Crippen LogP contribution in [0.25, 0.3) is 0 Å². The molecule has 1 aromatic carbocycles. The van der Waals surface area contributed by atoms with Crippen LogP contribution < -0.4 is 0 Å². The third-order valence-corrected chi connectivity index (χ3v) is 2.08. The van der Waals surface area contributed by atoms with Crippen LogP contribution in [0.5, 0.6) is 5.75 Å². The molecule has 0 saturated heterocycles. The lowest BCUT2D eigenvalue weighted by Gasteiger charge is -2.02. The number of carboxylic acid groups (broad SMARTS) is 2. The average molecular weight is 250 g/mol. The highest BCUT2D eigenvalue weighted by Crippen LogP contribution is 2.19. The number of rotatable bonds is 5. The Morgan fingerprint density at radius 1 is 1.11 bits per heavy atom. The Morgan fingerprint density at radius 3 is 2.28 bits per heavy atom. The van der Waals surface area contributed by atoms with Crippen molar-refractivity contribution in [1.29, 1.82) is 0 Å². The van der Waals surface area contributed by atoms with Gasteiger partial charge in [-0.05, 0) is 23.8 Å². The van der Waals surface area contributed by atoms with E-state index in [1.165, 1.54) is 12.1 Å². The number of aliphatic carboxylic acids is 1. The Bertz CT molecular complexity index is 529. The molecule has 3 N–H and O–H groups in total. The maximum absolute atomic E-state index is 11.3. The minimum Gasteiger partial charge on any atom is -0.507 e. The Kier molecular flexibility index (Phi) is 4.20. The van der Waals surface area contributed by atoms with Crippen LogP contribution >= 0.6 is 0 Å². The summed E-state index contributed by atoms with van der Waals surface area (Å²) in [4.78, 5) is 32.1. The van der Waals surface area contributed by atoms with Crippen LogP contribution in [0.1, 0.15) is 15.9 Å². The molecule has 0 radical (unpaired) electrons. The van der Waals surface area contributed by atoms with Gasteiger partial charge in [0.15, 0.2) is 5.78 Å². The number of aromatic carboxylic acids is 1. The SMILES string of the molecule is O=C(O)/C=C\C(=O)Cc1ccc(C(=O)O)c(O)c1.